The molecular formula is C22H17ClF2N4O3. The predicted molar refractivity (Wildman–Crippen MR) is 115 cm³/mol. The molecule has 0 aliphatic heterocycles. The Morgan fingerprint density at radius 1 is 1.12 bits per heavy atom. The first kappa shape index (κ1) is 21.5. The highest BCUT2D eigenvalue weighted by molar-refractivity contribution is 6.30. The largest absolute Gasteiger partial charge is 0.355 e. The molecule has 2 aromatic heterocycles. The molecule has 0 bridgehead atoms. The number of hydrogen-bond acceptors (Lipinski definition) is 4. The highest BCUT2D eigenvalue weighted by Gasteiger charge is 2.25. The summed E-state index contributed by atoms with van der Waals surface area (Å²) in [5, 5.41) is 6.49. The maximum Gasteiger partial charge on any atom is 0.295 e. The van der Waals surface area contributed by atoms with Crippen LogP contribution in [0.15, 0.2) is 51.8 Å². The van der Waals surface area contributed by atoms with E-state index in [0.29, 0.717) is 5.69 Å². The molecule has 0 aliphatic rings. The first-order valence-electron chi connectivity index (χ1n) is 9.47. The Morgan fingerprint density at radius 2 is 1.84 bits per heavy atom. The molecule has 10 heteroatoms. The van der Waals surface area contributed by atoms with Crippen molar-refractivity contribution in [2.75, 3.05) is 5.32 Å². The molecule has 7 nitrogen and oxygen atoms in total. The lowest BCUT2D eigenvalue weighted by Crippen LogP contribution is -2.24. The number of rotatable bonds is 4. The summed E-state index contributed by atoms with van der Waals surface area (Å²) in [6.45, 7) is 3.16. The van der Waals surface area contributed by atoms with Crippen LogP contribution in [0.2, 0.25) is 5.02 Å². The average Bonchev–Trinajstić information content (AvgIpc) is 3.22. The Kier molecular flexibility index (Phi) is 5.43. The van der Waals surface area contributed by atoms with Gasteiger partial charge in [-0.2, -0.15) is 0 Å². The third-order valence-electron chi connectivity index (χ3n) is 5.19. The molecule has 0 atom stereocenters. The maximum absolute atomic E-state index is 14.3. The fourth-order valence-corrected chi connectivity index (χ4v) is 3.55. The van der Waals surface area contributed by atoms with Gasteiger partial charge in [0.2, 0.25) is 0 Å². The molecule has 32 heavy (non-hydrogen) atoms. The molecule has 1 N–H and O–H groups in total. The fourth-order valence-electron chi connectivity index (χ4n) is 3.39. The third kappa shape index (κ3) is 3.50. The van der Waals surface area contributed by atoms with Crippen LogP contribution in [0.5, 0.6) is 0 Å². The summed E-state index contributed by atoms with van der Waals surface area (Å²) < 4.78 is 36.3. The highest BCUT2D eigenvalue weighted by Crippen LogP contribution is 2.30. The number of hydrogen-bond donors (Lipinski definition) is 1. The van der Waals surface area contributed by atoms with Crippen LogP contribution in [0.25, 0.3) is 17.0 Å². The number of benzene rings is 2. The van der Waals surface area contributed by atoms with Crippen LogP contribution in [0.3, 0.4) is 0 Å². The van der Waals surface area contributed by atoms with Crippen molar-refractivity contribution < 1.29 is 18.1 Å². The van der Waals surface area contributed by atoms with E-state index in [1.54, 1.807) is 27.0 Å². The van der Waals surface area contributed by atoms with Crippen molar-refractivity contribution in [2.45, 2.75) is 13.8 Å². The summed E-state index contributed by atoms with van der Waals surface area (Å²) >= 11 is 5.78. The van der Waals surface area contributed by atoms with E-state index >= 15 is 0 Å². The van der Waals surface area contributed by atoms with E-state index in [1.165, 1.54) is 35.0 Å². The van der Waals surface area contributed by atoms with Gasteiger partial charge in [0.05, 0.1) is 11.3 Å². The second-order valence-corrected chi connectivity index (χ2v) is 7.55. The van der Waals surface area contributed by atoms with Gasteiger partial charge in [-0.1, -0.05) is 28.9 Å². The van der Waals surface area contributed by atoms with Gasteiger partial charge < -0.3 is 9.84 Å². The van der Waals surface area contributed by atoms with Crippen LogP contribution in [0, 0.1) is 25.5 Å². The summed E-state index contributed by atoms with van der Waals surface area (Å²) in [5.41, 5.74) is 0.0480. The number of nitrogens with zero attached hydrogens (tertiary/aromatic N) is 3. The molecule has 164 valence electrons. The molecule has 2 aromatic carbocycles. The average molecular weight is 459 g/mol. The van der Waals surface area contributed by atoms with Crippen LogP contribution in [0.4, 0.5) is 14.5 Å². The Hall–Kier alpha value is -3.72. The van der Waals surface area contributed by atoms with Gasteiger partial charge in [0.15, 0.2) is 11.5 Å². The number of aromatic nitrogens is 3. The van der Waals surface area contributed by atoms with Crippen molar-refractivity contribution in [3.05, 3.63) is 86.4 Å². The molecule has 0 radical (unpaired) electrons. The van der Waals surface area contributed by atoms with Gasteiger partial charge in [0, 0.05) is 17.6 Å². The van der Waals surface area contributed by atoms with Gasteiger partial charge in [-0.25, -0.2) is 13.5 Å². The maximum atomic E-state index is 14.3. The topological polar surface area (TPSA) is 82.1 Å². The molecule has 4 aromatic rings. The zero-order valence-electron chi connectivity index (χ0n) is 17.2. The zero-order chi connectivity index (χ0) is 23.2. The minimum atomic E-state index is -0.724. The Labute approximate surface area is 185 Å². The minimum absolute atomic E-state index is 0.0395. The number of carbonyl (C=O) groups is 1. The summed E-state index contributed by atoms with van der Waals surface area (Å²) in [5.74, 6) is -1.87. The molecular weight excluding hydrogens is 442 g/mol. The Morgan fingerprint density at radius 3 is 2.53 bits per heavy atom. The normalized spacial score (nSPS) is 11.1. The lowest BCUT2D eigenvalue weighted by atomic mass is 10.1. The molecule has 2 heterocycles. The van der Waals surface area contributed by atoms with Gasteiger partial charge in [0.25, 0.3) is 11.5 Å². The predicted octanol–water partition coefficient (Wildman–Crippen LogP) is 4.63. The van der Waals surface area contributed by atoms with Crippen molar-refractivity contribution in [2.24, 2.45) is 7.05 Å². The Bertz CT molecular complexity index is 1420. The second-order valence-electron chi connectivity index (χ2n) is 7.12. The van der Waals surface area contributed by atoms with Crippen LogP contribution < -0.4 is 10.9 Å². The molecule has 4 rings (SSSR count). The van der Waals surface area contributed by atoms with Crippen molar-refractivity contribution in [1.29, 1.82) is 0 Å². The van der Waals surface area contributed by atoms with E-state index in [1.807, 2.05) is 0 Å². The van der Waals surface area contributed by atoms with E-state index in [9.17, 15) is 18.4 Å². The van der Waals surface area contributed by atoms with Crippen molar-refractivity contribution in [1.82, 2.24) is 14.5 Å². The quantitative estimate of drug-likeness (QED) is 0.483. The van der Waals surface area contributed by atoms with Crippen molar-refractivity contribution in [3.63, 3.8) is 0 Å². The van der Waals surface area contributed by atoms with Gasteiger partial charge >= 0.3 is 0 Å². The Balaban J connectivity index is 1.71. The van der Waals surface area contributed by atoms with E-state index in [4.69, 9.17) is 16.1 Å². The van der Waals surface area contributed by atoms with Gasteiger partial charge in [-0.3, -0.25) is 14.3 Å². The SMILES string of the molecule is Cc1c(C(=O)Nc2c(C)n(C)n(-c3ccccc3F)c2=O)noc1-c1ccc(Cl)cc1F. The van der Waals surface area contributed by atoms with Gasteiger partial charge in [-0.15, -0.1) is 0 Å². The van der Waals surface area contributed by atoms with Gasteiger partial charge in [0.1, 0.15) is 23.0 Å². The second kappa shape index (κ2) is 8.08. The zero-order valence-corrected chi connectivity index (χ0v) is 18.0. The summed E-state index contributed by atoms with van der Waals surface area (Å²) in [7, 11) is 1.57. The number of anilines is 1. The van der Waals surface area contributed by atoms with Crippen LogP contribution in [0.1, 0.15) is 21.7 Å². The molecule has 0 fully saturated rings. The molecule has 0 aliphatic carbocycles. The molecule has 0 saturated heterocycles. The number of amides is 1. The smallest absolute Gasteiger partial charge is 0.295 e. The number of halogens is 3. The number of nitrogens with one attached hydrogen (secondary N) is 1. The van der Waals surface area contributed by atoms with E-state index in [-0.39, 0.29) is 39.0 Å². The number of carbonyl (C=O) groups excluding carboxylic acids is 1. The van der Waals surface area contributed by atoms with E-state index < -0.39 is 23.1 Å². The summed E-state index contributed by atoms with van der Waals surface area (Å²) in [6.07, 6.45) is 0. The third-order valence-corrected chi connectivity index (χ3v) is 5.42. The standard InChI is InChI=1S/C22H17ClF2N4O3/c1-11-18(27-32-20(11)14-9-8-13(23)10-16(14)25)21(30)26-19-12(2)28(3)29(22(19)31)17-7-5-4-6-15(17)24/h4-10H,1-3H3,(H,26,30). The molecule has 1 amide bonds. The molecule has 0 spiro atoms. The van der Waals surface area contributed by atoms with Crippen LogP contribution >= 0.6 is 11.6 Å². The monoisotopic (exact) mass is 458 g/mol. The van der Waals surface area contributed by atoms with E-state index in [0.717, 1.165) is 10.7 Å². The lowest BCUT2D eigenvalue weighted by Gasteiger charge is -2.08. The lowest BCUT2D eigenvalue weighted by molar-refractivity contribution is 0.101. The molecule has 0 saturated carbocycles. The van der Waals surface area contributed by atoms with Gasteiger partial charge in [-0.05, 0) is 44.2 Å². The van der Waals surface area contributed by atoms with Crippen LogP contribution in [-0.2, 0) is 7.05 Å². The first-order valence-corrected chi connectivity index (χ1v) is 9.85. The van der Waals surface area contributed by atoms with E-state index in [2.05, 4.69) is 10.5 Å². The minimum Gasteiger partial charge on any atom is -0.355 e. The van der Waals surface area contributed by atoms with Crippen molar-refractivity contribution in [3.8, 4) is 17.0 Å². The number of para-hydroxylation sites is 1. The van der Waals surface area contributed by atoms with Crippen molar-refractivity contribution >= 4 is 23.2 Å². The highest BCUT2D eigenvalue weighted by atomic mass is 35.5. The first-order chi connectivity index (χ1) is 15.2. The summed E-state index contributed by atoms with van der Waals surface area (Å²) in [4.78, 5) is 25.8. The fraction of sp³-hybridized carbons (Fsp3) is 0.136. The van der Waals surface area contributed by atoms with Crippen LogP contribution in [-0.4, -0.2) is 20.4 Å². The summed E-state index contributed by atoms with van der Waals surface area (Å²) in [6, 6.07) is 9.83. The molecule has 0 unspecified atom stereocenters.